The Labute approximate surface area is 152 Å². The minimum atomic E-state index is -0.168. The smallest absolute Gasteiger partial charge is 0.325 e. The molecule has 3 amide bonds. The molecule has 6 nitrogen and oxygen atoms in total. The third-order valence-corrected chi connectivity index (χ3v) is 4.85. The Morgan fingerprint density at radius 3 is 2.73 bits per heavy atom. The van der Waals surface area contributed by atoms with E-state index in [1.165, 1.54) is 12.8 Å². The van der Waals surface area contributed by atoms with Crippen LogP contribution in [0.2, 0.25) is 0 Å². The monoisotopic (exact) mass is 350 g/mol. The summed E-state index contributed by atoms with van der Waals surface area (Å²) < 4.78 is 0. The van der Waals surface area contributed by atoms with Gasteiger partial charge in [-0.15, -0.1) is 0 Å². The second-order valence-corrected chi connectivity index (χ2v) is 6.89. The van der Waals surface area contributed by atoms with E-state index < -0.39 is 0 Å². The van der Waals surface area contributed by atoms with Gasteiger partial charge in [0.15, 0.2) is 0 Å². The van der Waals surface area contributed by atoms with E-state index in [4.69, 9.17) is 0 Å². The average Bonchev–Trinajstić information content (AvgIpc) is 3.43. The van der Waals surface area contributed by atoms with Crippen LogP contribution in [-0.2, 0) is 6.54 Å². The second-order valence-electron chi connectivity index (χ2n) is 6.89. The van der Waals surface area contributed by atoms with Gasteiger partial charge in [0, 0.05) is 37.9 Å². The van der Waals surface area contributed by atoms with Crippen LogP contribution in [0.15, 0.2) is 48.7 Å². The number of benzene rings is 1. The summed E-state index contributed by atoms with van der Waals surface area (Å²) in [5, 5.41) is 2.91. The first-order valence-corrected chi connectivity index (χ1v) is 9.05. The van der Waals surface area contributed by atoms with E-state index in [9.17, 15) is 9.59 Å². The molecule has 1 saturated heterocycles. The molecule has 1 aliphatic heterocycles. The van der Waals surface area contributed by atoms with Crippen LogP contribution in [0.1, 0.15) is 28.8 Å². The summed E-state index contributed by atoms with van der Waals surface area (Å²) in [4.78, 5) is 32.9. The normalized spacial score (nSPS) is 16.8. The molecule has 0 unspecified atom stereocenters. The van der Waals surface area contributed by atoms with E-state index in [0.29, 0.717) is 30.4 Å². The molecule has 1 aromatic heterocycles. The number of anilines is 1. The van der Waals surface area contributed by atoms with Gasteiger partial charge < -0.3 is 10.2 Å². The third kappa shape index (κ3) is 3.69. The van der Waals surface area contributed by atoms with Gasteiger partial charge >= 0.3 is 6.03 Å². The molecule has 1 aromatic carbocycles. The molecule has 0 bridgehead atoms. The second kappa shape index (κ2) is 7.15. The maximum Gasteiger partial charge on any atom is 0.325 e. The summed E-state index contributed by atoms with van der Waals surface area (Å²) in [6.07, 6.45) is 4.03. The molecule has 134 valence electrons. The van der Waals surface area contributed by atoms with Crippen molar-refractivity contribution in [2.24, 2.45) is 5.92 Å². The molecular weight excluding hydrogens is 328 g/mol. The summed E-state index contributed by atoms with van der Waals surface area (Å²) in [5.74, 6) is 1.04. The topological polar surface area (TPSA) is 65.5 Å². The molecule has 1 saturated carbocycles. The molecule has 26 heavy (non-hydrogen) atoms. The lowest BCUT2D eigenvalue weighted by molar-refractivity contribution is 0.0950. The van der Waals surface area contributed by atoms with Crippen molar-refractivity contribution in [3.05, 3.63) is 59.8 Å². The van der Waals surface area contributed by atoms with Crippen LogP contribution in [-0.4, -0.2) is 41.5 Å². The van der Waals surface area contributed by atoms with E-state index in [1.54, 1.807) is 23.2 Å². The first-order chi connectivity index (χ1) is 12.7. The Bertz CT molecular complexity index is 804. The Balaban J connectivity index is 1.41. The van der Waals surface area contributed by atoms with Gasteiger partial charge in [-0.3, -0.25) is 9.69 Å². The molecule has 4 rings (SSSR count). The number of aromatic nitrogens is 1. The van der Waals surface area contributed by atoms with Crippen molar-refractivity contribution >= 4 is 17.8 Å². The highest BCUT2D eigenvalue weighted by Gasteiger charge is 2.34. The number of urea groups is 1. The fourth-order valence-electron chi connectivity index (χ4n) is 3.16. The minimum absolute atomic E-state index is 0.00811. The number of nitrogens with zero attached hydrogens (tertiary/aromatic N) is 3. The molecular formula is C20H22N4O2. The molecule has 2 heterocycles. The Hall–Kier alpha value is -2.89. The zero-order valence-corrected chi connectivity index (χ0v) is 14.6. The molecule has 2 aliphatic rings. The minimum Gasteiger partial charge on any atom is -0.348 e. The zero-order chi connectivity index (χ0) is 17.9. The van der Waals surface area contributed by atoms with Crippen molar-refractivity contribution in [2.45, 2.75) is 19.4 Å². The van der Waals surface area contributed by atoms with Crippen molar-refractivity contribution in [3.63, 3.8) is 0 Å². The van der Waals surface area contributed by atoms with Crippen molar-refractivity contribution in [2.75, 3.05) is 24.5 Å². The van der Waals surface area contributed by atoms with Gasteiger partial charge in [-0.1, -0.05) is 30.3 Å². The number of pyridine rings is 1. The fraction of sp³-hybridized carbons (Fsp3) is 0.350. The Kier molecular flexibility index (Phi) is 4.56. The molecule has 6 heteroatoms. The van der Waals surface area contributed by atoms with Gasteiger partial charge in [-0.2, -0.15) is 0 Å². The highest BCUT2D eigenvalue weighted by Crippen LogP contribution is 2.31. The SMILES string of the molecule is O=C(NCc1ccccc1)c1ccnc(N2CCN(CC3CC3)C2=O)c1. The summed E-state index contributed by atoms with van der Waals surface area (Å²) >= 11 is 0. The van der Waals surface area contributed by atoms with Gasteiger partial charge in [0.05, 0.1) is 0 Å². The van der Waals surface area contributed by atoms with Gasteiger partial charge in [0.1, 0.15) is 5.82 Å². The number of nitrogens with one attached hydrogen (secondary N) is 1. The summed E-state index contributed by atoms with van der Waals surface area (Å²) in [6, 6.07) is 13.1. The zero-order valence-electron chi connectivity index (χ0n) is 14.6. The molecule has 0 radical (unpaired) electrons. The van der Waals surface area contributed by atoms with E-state index in [1.807, 2.05) is 35.2 Å². The van der Waals surface area contributed by atoms with Gasteiger partial charge in [-0.05, 0) is 36.5 Å². The summed E-state index contributed by atoms with van der Waals surface area (Å²) in [5.41, 5.74) is 1.56. The lowest BCUT2D eigenvalue weighted by Crippen LogP contribution is -2.33. The Morgan fingerprint density at radius 1 is 1.15 bits per heavy atom. The van der Waals surface area contributed by atoms with Crippen LogP contribution in [0.4, 0.5) is 10.6 Å². The van der Waals surface area contributed by atoms with E-state index >= 15 is 0 Å². The number of hydrogen-bond donors (Lipinski definition) is 1. The first kappa shape index (κ1) is 16.6. The summed E-state index contributed by atoms with van der Waals surface area (Å²) in [7, 11) is 0. The van der Waals surface area contributed by atoms with Gasteiger partial charge in [0.25, 0.3) is 5.91 Å². The standard InChI is InChI=1S/C20H22N4O2/c25-19(22-13-15-4-2-1-3-5-15)17-8-9-21-18(12-17)24-11-10-23(20(24)26)14-16-6-7-16/h1-5,8-9,12,16H,6-7,10-11,13-14H2,(H,22,25). The average molecular weight is 350 g/mol. The number of amides is 3. The van der Waals surface area contributed by atoms with E-state index in [2.05, 4.69) is 10.3 Å². The Morgan fingerprint density at radius 2 is 1.96 bits per heavy atom. The van der Waals surface area contributed by atoms with Crippen LogP contribution in [0.3, 0.4) is 0 Å². The maximum atomic E-state index is 12.6. The van der Waals surface area contributed by atoms with E-state index in [0.717, 1.165) is 18.7 Å². The van der Waals surface area contributed by atoms with Crippen molar-refractivity contribution < 1.29 is 9.59 Å². The number of carbonyl (C=O) groups is 2. The van der Waals surface area contributed by atoms with Crippen LogP contribution >= 0.6 is 0 Å². The lowest BCUT2D eigenvalue weighted by atomic mass is 10.2. The van der Waals surface area contributed by atoms with Gasteiger partial charge in [0.2, 0.25) is 0 Å². The number of carbonyl (C=O) groups excluding carboxylic acids is 2. The van der Waals surface area contributed by atoms with Crippen LogP contribution in [0.5, 0.6) is 0 Å². The summed E-state index contributed by atoms with van der Waals surface area (Å²) in [6.45, 7) is 2.65. The van der Waals surface area contributed by atoms with Crippen molar-refractivity contribution in [1.82, 2.24) is 15.2 Å². The van der Waals surface area contributed by atoms with Crippen molar-refractivity contribution in [1.29, 1.82) is 0 Å². The number of hydrogen-bond acceptors (Lipinski definition) is 3. The molecule has 0 spiro atoms. The highest BCUT2D eigenvalue weighted by molar-refractivity contribution is 5.97. The first-order valence-electron chi connectivity index (χ1n) is 9.05. The quantitative estimate of drug-likeness (QED) is 0.871. The van der Waals surface area contributed by atoms with Gasteiger partial charge in [-0.25, -0.2) is 9.78 Å². The third-order valence-electron chi connectivity index (χ3n) is 4.85. The van der Waals surface area contributed by atoms with Crippen LogP contribution < -0.4 is 10.2 Å². The maximum absolute atomic E-state index is 12.6. The fourth-order valence-corrected chi connectivity index (χ4v) is 3.16. The molecule has 0 atom stereocenters. The predicted octanol–water partition coefficient (Wildman–Crippen LogP) is 2.66. The lowest BCUT2D eigenvalue weighted by Gasteiger charge is -2.18. The molecule has 2 fully saturated rings. The highest BCUT2D eigenvalue weighted by atomic mass is 16.2. The van der Waals surface area contributed by atoms with Crippen LogP contribution in [0, 0.1) is 5.92 Å². The van der Waals surface area contributed by atoms with Crippen molar-refractivity contribution in [3.8, 4) is 0 Å². The molecule has 2 aromatic rings. The van der Waals surface area contributed by atoms with Crippen LogP contribution in [0.25, 0.3) is 0 Å². The molecule has 1 aliphatic carbocycles. The largest absolute Gasteiger partial charge is 0.348 e. The predicted molar refractivity (Wildman–Crippen MR) is 98.9 cm³/mol. The molecule has 1 N–H and O–H groups in total. The van der Waals surface area contributed by atoms with E-state index in [-0.39, 0.29) is 11.9 Å². The number of rotatable bonds is 6.